The Bertz CT molecular complexity index is 1070. The van der Waals surface area contributed by atoms with Crippen LogP contribution in [0, 0.1) is 5.92 Å². The number of amides is 3. The monoisotopic (exact) mass is 467 g/mol. The number of para-hydroxylation sites is 2. The second kappa shape index (κ2) is 10.4. The van der Waals surface area contributed by atoms with Gasteiger partial charge in [-0.3, -0.25) is 29.6 Å². The van der Waals surface area contributed by atoms with E-state index in [2.05, 4.69) is 31.5 Å². The van der Waals surface area contributed by atoms with Crippen LogP contribution in [0.3, 0.4) is 0 Å². The van der Waals surface area contributed by atoms with Crippen molar-refractivity contribution in [2.75, 3.05) is 25.6 Å². The Balaban J connectivity index is 1.50. The first-order chi connectivity index (χ1) is 16.1. The van der Waals surface area contributed by atoms with Gasteiger partial charge in [0.25, 0.3) is 11.8 Å². The fourth-order valence-electron chi connectivity index (χ4n) is 3.47. The van der Waals surface area contributed by atoms with Gasteiger partial charge >= 0.3 is 5.97 Å². The molecule has 9 heteroatoms. The van der Waals surface area contributed by atoms with Gasteiger partial charge in [0, 0.05) is 12.0 Å². The summed E-state index contributed by atoms with van der Waals surface area (Å²) in [4.78, 5) is 49.4. The van der Waals surface area contributed by atoms with Crippen molar-refractivity contribution < 1.29 is 28.7 Å². The smallest absolute Gasteiger partial charge is 0.311 e. The first-order valence-electron chi connectivity index (χ1n) is 10.9. The maximum atomic E-state index is 12.5. The standard InChI is InChI=1S/C25H29N3O6/c1-25(2,3)18-11-9-16(10-12-18)23(31)27-28-14-17(13-22(28)30)24(32)34-15-21(29)26-19-7-5-6-8-20(19)33-4/h5-12,17H,13-15H2,1-4H3,(H,26,29)(H,27,31)/t17-/m0/s1. The minimum Gasteiger partial charge on any atom is -0.495 e. The van der Waals surface area contributed by atoms with Crippen molar-refractivity contribution in [2.24, 2.45) is 5.92 Å². The molecule has 1 atom stereocenters. The van der Waals surface area contributed by atoms with E-state index in [1.54, 1.807) is 36.4 Å². The normalized spacial score (nSPS) is 15.6. The number of nitrogens with zero attached hydrogens (tertiary/aromatic N) is 1. The number of hydrogen-bond donors (Lipinski definition) is 2. The fourth-order valence-corrected chi connectivity index (χ4v) is 3.47. The van der Waals surface area contributed by atoms with Crippen molar-refractivity contribution in [3.8, 4) is 5.75 Å². The van der Waals surface area contributed by atoms with Crippen LogP contribution in [-0.4, -0.2) is 49.0 Å². The van der Waals surface area contributed by atoms with E-state index >= 15 is 0 Å². The molecule has 3 amide bonds. The summed E-state index contributed by atoms with van der Waals surface area (Å²) >= 11 is 0. The van der Waals surface area contributed by atoms with Gasteiger partial charge in [-0.25, -0.2) is 0 Å². The summed E-state index contributed by atoms with van der Waals surface area (Å²) in [6.07, 6.45) is -0.115. The lowest BCUT2D eigenvalue weighted by atomic mass is 9.87. The van der Waals surface area contributed by atoms with E-state index in [0.717, 1.165) is 10.6 Å². The zero-order valence-corrected chi connectivity index (χ0v) is 19.7. The molecule has 1 saturated heterocycles. The molecule has 9 nitrogen and oxygen atoms in total. The molecule has 0 aliphatic carbocycles. The highest BCUT2D eigenvalue weighted by Gasteiger charge is 2.36. The second-order valence-corrected chi connectivity index (χ2v) is 9.03. The largest absolute Gasteiger partial charge is 0.495 e. The molecule has 180 valence electrons. The predicted octanol–water partition coefficient (Wildman–Crippen LogP) is 2.67. The maximum absolute atomic E-state index is 12.5. The molecule has 2 aromatic rings. The van der Waals surface area contributed by atoms with Crippen LogP contribution in [0.5, 0.6) is 5.75 Å². The molecule has 1 heterocycles. The van der Waals surface area contributed by atoms with Gasteiger partial charge < -0.3 is 14.8 Å². The number of carbonyl (C=O) groups is 4. The van der Waals surface area contributed by atoms with Gasteiger partial charge in [0.05, 0.1) is 25.3 Å². The quantitative estimate of drug-likeness (QED) is 0.605. The Morgan fingerprint density at radius 1 is 1.06 bits per heavy atom. The third kappa shape index (κ3) is 6.12. The van der Waals surface area contributed by atoms with Crippen molar-refractivity contribution in [3.05, 3.63) is 59.7 Å². The number of hydrogen-bond acceptors (Lipinski definition) is 6. The van der Waals surface area contributed by atoms with E-state index in [0.29, 0.717) is 17.0 Å². The molecular weight excluding hydrogens is 438 g/mol. The van der Waals surface area contributed by atoms with E-state index in [9.17, 15) is 19.2 Å². The van der Waals surface area contributed by atoms with E-state index in [-0.39, 0.29) is 18.4 Å². The Morgan fingerprint density at radius 3 is 2.38 bits per heavy atom. The zero-order valence-electron chi connectivity index (χ0n) is 19.7. The van der Waals surface area contributed by atoms with Crippen LogP contribution < -0.4 is 15.5 Å². The lowest BCUT2D eigenvalue weighted by molar-refractivity contribution is -0.151. The number of ether oxygens (including phenoxy) is 2. The summed E-state index contributed by atoms with van der Waals surface area (Å²) in [6, 6.07) is 14.0. The number of methoxy groups -OCH3 is 1. The van der Waals surface area contributed by atoms with E-state index < -0.39 is 36.2 Å². The highest BCUT2D eigenvalue weighted by Crippen LogP contribution is 2.24. The molecule has 34 heavy (non-hydrogen) atoms. The van der Waals surface area contributed by atoms with E-state index in [1.807, 2.05) is 12.1 Å². The first-order valence-corrected chi connectivity index (χ1v) is 10.9. The maximum Gasteiger partial charge on any atom is 0.311 e. The average molecular weight is 468 g/mol. The molecule has 0 unspecified atom stereocenters. The Hall–Kier alpha value is -3.88. The highest BCUT2D eigenvalue weighted by atomic mass is 16.5. The van der Waals surface area contributed by atoms with Crippen LogP contribution in [-0.2, 0) is 24.5 Å². The minimum atomic E-state index is -0.782. The molecule has 2 aromatic carbocycles. The SMILES string of the molecule is COc1ccccc1NC(=O)COC(=O)[C@H]1CC(=O)N(NC(=O)c2ccc(C(C)(C)C)cc2)C1. The summed E-state index contributed by atoms with van der Waals surface area (Å²) in [5, 5.41) is 3.72. The van der Waals surface area contributed by atoms with Gasteiger partial charge in [-0.1, -0.05) is 45.0 Å². The Kier molecular flexibility index (Phi) is 7.55. The number of benzene rings is 2. The van der Waals surface area contributed by atoms with Gasteiger partial charge in [0.2, 0.25) is 5.91 Å². The van der Waals surface area contributed by atoms with Gasteiger partial charge in [0.1, 0.15) is 5.75 Å². The summed E-state index contributed by atoms with van der Waals surface area (Å²) < 4.78 is 10.2. The Labute approximate surface area is 198 Å². The van der Waals surface area contributed by atoms with Crippen molar-refractivity contribution in [3.63, 3.8) is 0 Å². The summed E-state index contributed by atoms with van der Waals surface area (Å²) in [5.74, 6) is -2.38. The molecule has 1 aliphatic rings. The van der Waals surface area contributed by atoms with Gasteiger partial charge in [-0.15, -0.1) is 0 Å². The van der Waals surface area contributed by atoms with Gasteiger partial charge in [0.15, 0.2) is 6.61 Å². The predicted molar refractivity (Wildman–Crippen MR) is 125 cm³/mol. The first kappa shape index (κ1) is 24.8. The molecule has 2 N–H and O–H groups in total. The number of anilines is 1. The average Bonchev–Trinajstić information content (AvgIpc) is 3.17. The number of nitrogens with one attached hydrogen (secondary N) is 2. The van der Waals surface area contributed by atoms with Crippen molar-refractivity contribution >= 4 is 29.4 Å². The third-order valence-electron chi connectivity index (χ3n) is 5.43. The topological polar surface area (TPSA) is 114 Å². The van der Waals surface area contributed by atoms with Crippen molar-refractivity contribution in [2.45, 2.75) is 32.6 Å². The van der Waals surface area contributed by atoms with Gasteiger partial charge in [-0.05, 0) is 35.2 Å². The fraction of sp³-hybridized carbons (Fsp3) is 0.360. The third-order valence-corrected chi connectivity index (χ3v) is 5.43. The van der Waals surface area contributed by atoms with Crippen LogP contribution in [0.25, 0.3) is 0 Å². The van der Waals surface area contributed by atoms with Crippen LogP contribution in [0.15, 0.2) is 48.5 Å². The van der Waals surface area contributed by atoms with Crippen LogP contribution in [0.1, 0.15) is 43.1 Å². The lowest BCUT2D eigenvalue weighted by Gasteiger charge is -2.20. The van der Waals surface area contributed by atoms with Crippen LogP contribution >= 0.6 is 0 Å². The molecule has 3 rings (SSSR count). The molecular formula is C25H29N3O6. The van der Waals surface area contributed by atoms with E-state index in [1.165, 1.54) is 7.11 Å². The molecule has 0 spiro atoms. The van der Waals surface area contributed by atoms with Gasteiger partial charge in [-0.2, -0.15) is 0 Å². The summed E-state index contributed by atoms with van der Waals surface area (Å²) in [5.41, 5.74) is 4.43. The summed E-state index contributed by atoms with van der Waals surface area (Å²) in [6.45, 7) is 5.69. The number of carbonyl (C=O) groups excluding carboxylic acids is 4. The summed E-state index contributed by atoms with van der Waals surface area (Å²) in [7, 11) is 1.48. The van der Waals surface area contributed by atoms with Crippen molar-refractivity contribution in [1.29, 1.82) is 0 Å². The molecule has 0 saturated carbocycles. The molecule has 0 aromatic heterocycles. The zero-order chi connectivity index (χ0) is 24.9. The Morgan fingerprint density at radius 2 is 1.74 bits per heavy atom. The number of esters is 1. The van der Waals surface area contributed by atoms with E-state index in [4.69, 9.17) is 9.47 Å². The minimum absolute atomic E-state index is 0.0302. The van der Waals surface area contributed by atoms with Crippen LogP contribution in [0.2, 0.25) is 0 Å². The molecule has 0 radical (unpaired) electrons. The molecule has 1 fully saturated rings. The van der Waals surface area contributed by atoms with Crippen LogP contribution in [0.4, 0.5) is 5.69 Å². The lowest BCUT2D eigenvalue weighted by Crippen LogP contribution is -2.43. The number of hydrazine groups is 1. The number of rotatable bonds is 7. The van der Waals surface area contributed by atoms with Crippen molar-refractivity contribution in [1.82, 2.24) is 10.4 Å². The second-order valence-electron chi connectivity index (χ2n) is 9.03. The highest BCUT2D eigenvalue weighted by molar-refractivity contribution is 5.97. The molecule has 0 bridgehead atoms. The molecule has 1 aliphatic heterocycles.